The summed E-state index contributed by atoms with van der Waals surface area (Å²) in [5.74, 6) is 0.758. The fraction of sp³-hybridized carbons (Fsp3) is 0.529. The van der Waals surface area contributed by atoms with Crippen molar-refractivity contribution in [3.05, 3.63) is 29.6 Å². The van der Waals surface area contributed by atoms with Crippen molar-refractivity contribution in [3.8, 4) is 0 Å². The standard InChI is InChI=1S/C17H22N2O2/c1-5-10-9-13(10)19-14-11(15(20)21)7-6-8-12(14)18-16(19)17(2,3)4/h6-8,10,13H,5,9H2,1-4H3,(H,20,21). The van der Waals surface area contributed by atoms with E-state index < -0.39 is 5.97 Å². The summed E-state index contributed by atoms with van der Waals surface area (Å²) < 4.78 is 2.20. The number of aromatic carboxylic acids is 1. The number of para-hydroxylation sites is 1. The maximum absolute atomic E-state index is 11.6. The number of carbonyl (C=O) groups is 1. The van der Waals surface area contributed by atoms with Gasteiger partial charge in [-0.3, -0.25) is 0 Å². The Kier molecular flexibility index (Phi) is 3.08. The molecule has 0 radical (unpaired) electrons. The zero-order valence-electron chi connectivity index (χ0n) is 13.1. The lowest BCUT2D eigenvalue weighted by molar-refractivity contribution is 0.0698. The van der Waals surface area contributed by atoms with Crippen LogP contribution in [0.3, 0.4) is 0 Å². The van der Waals surface area contributed by atoms with Crippen molar-refractivity contribution < 1.29 is 9.90 Å². The Morgan fingerprint density at radius 1 is 1.43 bits per heavy atom. The molecule has 0 aliphatic heterocycles. The summed E-state index contributed by atoms with van der Waals surface area (Å²) in [5, 5.41) is 9.50. The van der Waals surface area contributed by atoms with E-state index >= 15 is 0 Å². The van der Waals surface area contributed by atoms with E-state index in [-0.39, 0.29) is 5.41 Å². The number of imidazole rings is 1. The summed E-state index contributed by atoms with van der Waals surface area (Å²) in [7, 11) is 0. The van der Waals surface area contributed by atoms with Crippen molar-refractivity contribution >= 4 is 17.0 Å². The highest BCUT2D eigenvalue weighted by molar-refractivity contribution is 6.01. The van der Waals surface area contributed by atoms with E-state index in [0.29, 0.717) is 17.5 Å². The van der Waals surface area contributed by atoms with Crippen LogP contribution in [0.1, 0.15) is 62.8 Å². The molecule has 1 fully saturated rings. The van der Waals surface area contributed by atoms with Gasteiger partial charge in [-0.05, 0) is 24.5 Å². The second-order valence-corrected chi connectivity index (χ2v) is 7.01. The molecular weight excluding hydrogens is 264 g/mol. The predicted molar refractivity (Wildman–Crippen MR) is 82.8 cm³/mol. The van der Waals surface area contributed by atoms with Crippen molar-refractivity contribution in [1.29, 1.82) is 0 Å². The lowest BCUT2D eigenvalue weighted by Crippen LogP contribution is -2.19. The van der Waals surface area contributed by atoms with E-state index in [4.69, 9.17) is 4.98 Å². The number of carboxylic acids is 1. The maximum Gasteiger partial charge on any atom is 0.337 e. The van der Waals surface area contributed by atoms with Gasteiger partial charge in [-0.25, -0.2) is 9.78 Å². The minimum atomic E-state index is -0.879. The molecule has 1 aliphatic carbocycles. The summed E-state index contributed by atoms with van der Waals surface area (Å²) in [6, 6.07) is 5.77. The fourth-order valence-electron chi connectivity index (χ4n) is 3.16. The molecule has 2 aromatic rings. The zero-order chi connectivity index (χ0) is 15.4. The number of benzene rings is 1. The van der Waals surface area contributed by atoms with E-state index in [0.717, 1.165) is 29.7 Å². The van der Waals surface area contributed by atoms with Crippen molar-refractivity contribution in [3.63, 3.8) is 0 Å². The molecule has 1 N–H and O–H groups in total. The third kappa shape index (κ3) is 2.23. The molecule has 2 unspecified atom stereocenters. The van der Waals surface area contributed by atoms with Crippen LogP contribution in [0, 0.1) is 5.92 Å². The Labute approximate surface area is 124 Å². The smallest absolute Gasteiger partial charge is 0.337 e. The third-order valence-corrected chi connectivity index (χ3v) is 4.35. The molecule has 1 heterocycles. The van der Waals surface area contributed by atoms with Crippen LogP contribution < -0.4 is 0 Å². The van der Waals surface area contributed by atoms with Gasteiger partial charge in [0.2, 0.25) is 0 Å². The Morgan fingerprint density at radius 2 is 2.14 bits per heavy atom. The summed E-state index contributed by atoms with van der Waals surface area (Å²) in [6.45, 7) is 8.59. The molecule has 21 heavy (non-hydrogen) atoms. The molecule has 1 aliphatic rings. The van der Waals surface area contributed by atoms with Crippen molar-refractivity contribution in [2.75, 3.05) is 0 Å². The minimum absolute atomic E-state index is 0.102. The monoisotopic (exact) mass is 286 g/mol. The van der Waals surface area contributed by atoms with Crippen LogP contribution in [0.5, 0.6) is 0 Å². The van der Waals surface area contributed by atoms with Crippen LogP contribution in [-0.2, 0) is 5.41 Å². The van der Waals surface area contributed by atoms with Gasteiger partial charge < -0.3 is 9.67 Å². The summed E-state index contributed by atoms with van der Waals surface area (Å²) >= 11 is 0. The molecule has 4 heteroatoms. The van der Waals surface area contributed by atoms with E-state index in [1.54, 1.807) is 12.1 Å². The highest BCUT2D eigenvalue weighted by atomic mass is 16.4. The zero-order valence-corrected chi connectivity index (χ0v) is 13.1. The van der Waals surface area contributed by atoms with Crippen LogP contribution in [0.4, 0.5) is 0 Å². The van der Waals surface area contributed by atoms with Crippen LogP contribution in [-0.4, -0.2) is 20.6 Å². The molecule has 1 saturated carbocycles. The summed E-state index contributed by atoms with van der Waals surface area (Å²) in [5.41, 5.74) is 1.84. The normalized spacial score (nSPS) is 21.7. The maximum atomic E-state index is 11.6. The Hall–Kier alpha value is -1.84. The first-order chi connectivity index (χ1) is 9.84. The molecule has 1 aromatic carbocycles. The van der Waals surface area contributed by atoms with Crippen LogP contribution in [0.2, 0.25) is 0 Å². The van der Waals surface area contributed by atoms with Gasteiger partial charge in [0.05, 0.1) is 16.6 Å². The largest absolute Gasteiger partial charge is 0.478 e. The van der Waals surface area contributed by atoms with Crippen LogP contribution >= 0.6 is 0 Å². The van der Waals surface area contributed by atoms with Gasteiger partial charge in [0.1, 0.15) is 5.82 Å². The second kappa shape index (κ2) is 4.58. The average Bonchev–Trinajstić information content (AvgIpc) is 3.07. The topological polar surface area (TPSA) is 55.1 Å². The number of hydrogen-bond acceptors (Lipinski definition) is 2. The molecule has 1 aromatic heterocycles. The van der Waals surface area contributed by atoms with Gasteiger partial charge in [0, 0.05) is 11.5 Å². The van der Waals surface area contributed by atoms with Gasteiger partial charge in [-0.2, -0.15) is 0 Å². The van der Waals surface area contributed by atoms with E-state index in [1.807, 2.05) is 6.07 Å². The summed E-state index contributed by atoms with van der Waals surface area (Å²) in [6.07, 6.45) is 2.25. The molecule has 0 saturated heterocycles. The Morgan fingerprint density at radius 3 is 2.67 bits per heavy atom. The Bertz CT molecular complexity index is 709. The third-order valence-electron chi connectivity index (χ3n) is 4.35. The predicted octanol–water partition coefficient (Wildman–Crippen LogP) is 4.00. The number of aromatic nitrogens is 2. The number of fused-ring (bicyclic) bond motifs is 1. The molecule has 0 bridgehead atoms. The lowest BCUT2D eigenvalue weighted by Gasteiger charge is -2.20. The highest BCUT2D eigenvalue weighted by Gasteiger charge is 2.41. The van der Waals surface area contributed by atoms with E-state index in [9.17, 15) is 9.90 Å². The fourth-order valence-corrected chi connectivity index (χ4v) is 3.16. The SMILES string of the molecule is CCC1CC1n1c(C(C)(C)C)nc2cccc(C(=O)O)c21. The van der Waals surface area contributed by atoms with Crippen LogP contribution in [0.25, 0.3) is 11.0 Å². The lowest BCUT2D eigenvalue weighted by atomic mass is 9.95. The number of rotatable bonds is 3. The number of hydrogen-bond donors (Lipinski definition) is 1. The molecule has 2 atom stereocenters. The van der Waals surface area contributed by atoms with Gasteiger partial charge >= 0.3 is 5.97 Å². The first kappa shape index (κ1) is 14.1. The molecule has 112 valence electrons. The second-order valence-electron chi connectivity index (χ2n) is 7.01. The van der Waals surface area contributed by atoms with E-state index in [1.165, 1.54) is 0 Å². The van der Waals surface area contributed by atoms with Gasteiger partial charge in [0.25, 0.3) is 0 Å². The highest BCUT2D eigenvalue weighted by Crippen LogP contribution is 2.49. The Balaban J connectivity index is 2.31. The quantitative estimate of drug-likeness (QED) is 0.927. The van der Waals surface area contributed by atoms with Gasteiger partial charge in [-0.1, -0.05) is 40.2 Å². The molecule has 4 nitrogen and oxygen atoms in total. The minimum Gasteiger partial charge on any atom is -0.478 e. The van der Waals surface area contributed by atoms with Gasteiger partial charge in [0.15, 0.2) is 0 Å². The molecular formula is C17H22N2O2. The first-order valence-electron chi connectivity index (χ1n) is 7.59. The van der Waals surface area contributed by atoms with Crippen LogP contribution in [0.15, 0.2) is 18.2 Å². The average molecular weight is 286 g/mol. The number of carboxylic acid groups (broad SMARTS) is 1. The molecule has 0 spiro atoms. The van der Waals surface area contributed by atoms with Crippen molar-refractivity contribution in [1.82, 2.24) is 9.55 Å². The summed E-state index contributed by atoms with van der Waals surface area (Å²) in [4.78, 5) is 16.3. The molecule has 3 rings (SSSR count). The first-order valence-corrected chi connectivity index (χ1v) is 7.59. The van der Waals surface area contributed by atoms with Gasteiger partial charge in [-0.15, -0.1) is 0 Å². The number of nitrogens with zero attached hydrogens (tertiary/aromatic N) is 2. The van der Waals surface area contributed by atoms with Crippen molar-refractivity contribution in [2.24, 2.45) is 5.92 Å². The molecule has 0 amide bonds. The van der Waals surface area contributed by atoms with Crippen molar-refractivity contribution in [2.45, 2.75) is 52.0 Å². The van der Waals surface area contributed by atoms with E-state index in [2.05, 4.69) is 32.3 Å².